The summed E-state index contributed by atoms with van der Waals surface area (Å²) in [6.45, 7) is 2.34. The third-order valence-electron chi connectivity index (χ3n) is 15.1. The molecule has 0 amide bonds. The quantitative estimate of drug-likeness (QED) is 0.148. The summed E-state index contributed by atoms with van der Waals surface area (Å²) >= 11 is 0. The van der Waals surface area contributed by atoms with Gasteiger partial charge in [0.2, 0.25) is 0 Å². The van der Waals surface area contributed by atoms with Crippen molar-refractivity contribution in [3.05, 3.63) is 259 Å². The number of para-hydroxylation sites is 1. The van der Waals surface area contributed by atoms with Gasteiger partial charge in [-0.3, -0.25) is 4.99 Å². The molecule has 338 valence electrons. The van der Waals surface area contributed by atoms with E-state index >= 15 is 0 Å². The summed E-state index contributed by atoms with van der Waals surface area (Å²) in [6.07, 6.45) is 7.19. The fraction of sp³-hybridized carbons (Fsp3) is 0.0870. The van der Waals surface area contributed by atoms with E-state index < -0.39 is 0 Å². The highest BCUT2D eigenvalue weighted by Gasteiger charge is 2.19. The normalized spacial score (nSPS) is 16.3. The zero-order chi connectivity index (χ0) is 47.3. The third-order valence-corrected chi connectivity index (χ3v) is 15.1. The van der Waals surface area contributed by atoms with Gasteiger partial charge in [-0.05, 0) is 151 Å². The predicted molar refractivity (Wildman–Crippen MR) is 305 cm³/mol. The Morgan fingerprint density at radius 3 is 1.77 bits per heavy atom. The molecule has 0 N–H and O–H groups in total. The summed E-state index contributed by atoms with van der Waals surface area (Å²) in [6, 6.07) is 85.0. The molecular formula is C69H52N2. The average Bonchev–Trinajstić information content (AvgIpc) is 3.75. The largest absolute Gasteiger partial charge is 0.309 e. The number of benzene rings is 11. The third kappa shape index (κ3) is 7.73. The zero-order valence-electron chi connectivity index (χ0n) is 39.9. The molecule has 13 rings (SSSR count). The van der Waals surface area contributed by atoms with Crippen LogP contribution in [0.4, 0.5) is 0 Å². The van der Waals surface area contributed by atoms with Crippen molar-refractivity contribution < 1.29 is 0 Å². The van der Waals surface area contributed by atoms with Crippen molar-refractivity contribution in [2.75, 3.05) is 0 Å². The Morgan fingerprint density at radius 2 is 0.972 bits per heavy atom. The molecule has 1 aliphatic rings. The molecule has 0 spiro atoms. The van der Waals surface area contributed by atoms with Crippen LogP contribution in [0.3, 0.4) is 0 Å². The number of allylic oxidation sites excluding steroid dienone is 3. The highest BCUT2D eigenvalue weighted by atomic mass is 15.0. The topological polar surface area (TPSA) is 17.3 Å². The zero-order valence-corrected chi connectivity index (χ0v) is 39.9. The van der Waals surface area contributed by atoms with E-state index in [1.165, 1.54) is 121 Å². The smallest absolute Gasteiger partial charge is 0.0672 e. The number of fused-ring (bicyclic) bond motifs is 10. The van der Waals surface area contributed by atoms with Crippen LogP contribution in [0.2, 0.25) is 0 Å². The molecule has 0 unspecified atom stereocenters. The summed E-state index contributed by atoms with van der Waals surface area (Å²) in [7, 11) is 0. The molecule has 0 saturated heterocycles. The Kier molecular flexibility index (Phi) is 10.8. The van der Waals surface area contributed by atoms with Crippen LogP contribution < -0.4 is 0 Å². The molecule has 1 aliphatic heterocycles. The Balaban J connectivity index is 0.939. The van der Waals surface area contributed by atoms with Gasteiger partial charge >= 0.3 is 0 Å². The molecule has 2 nitrogen and oxygen atoms in total. The van der Waals surface area contributed by atoms with Crippen LogP contribution in [-0.2, 0) is 0 Å². The van der Waals surface area contributed by atoms with Crippen molar-refractivity contribution in [2.45, 2.75) is 39.0 Å². The minimum atomic E-state index is 0.848. The van der Waals surface area contributed by atoms with Gasteiger partial charge in [-0.2, -0.15) is 0 Å². The highest BCUT2D eigenvalue weighted by molar-refractivity contribution is 6.28. The van der Waals surface area contributed by atoms with E-state index in [1.807, 2.05) is 0 Å². The van der Waals surface area contributed by atoms with Gasteiger partial charge in [-0.25, -0.2) is 0 Å². The van der Waals surface area contributed by atoms with Gasteiger partial charge in [0.1, 0.15) is 0 Å². The second-order valence-corrected chi connectivity index (χ2v) is 19.3. The predicted octanol–water partition coefficient (Wildman–Crippen LogP) is 19.0. The summed E-state index contributed by atoms with van der Waals surface area (Å²) in [5.74, 6) is 0. The molecule has 0 radical (unpaired) electrons. The maximum Gasteiger partial charge on any atom is 0.0672 e. The Hall–Kier alpha value is -8.59. The van der Waals surface area contributed by atoms with Crippen LogP contribution >= 0.6 is 0 Å². The molecule has 0 atom stereocenters. The van der Waals surface area contributed by atoms with Gasteiger partial charge in [0, 0.05) is 27.7 Å². The first-order chi connectivity index (χ1) is 35.1. The lowest BCUT2D eigenvalue weighted by Gasteiger charge is -2.17. The van der Waals surface area contributed by atoms with Crippen molar-refractivity contribution in [3.8, 4) is 27.9 Å². The lowest BCUT2D eigenvalue weighted by Crippen LogP contribution is -2.03. The summed E-state index contributed by atoms with van der Waals surface area (Å²) in [5.41, 5.74) is 17.2. The number of hydrogen-bond donors (Lipinski definition) is 0. The van der Waals surface area contributed by atoms with Gasteiger partial charge in [0.15, 0.2) is 0 Å². The van der Waals surface area contributed by atoms with E-state index in [-0.39, 0.29) is 0 Å². The SMILES string of the molecule is C/C1=C(\c2ccc(-c3ccccc3)cc2)CCC/C=C(c2cccc3c4ccccc4c4cc(-c5ccc6c7ccccc7n(-c7ccc8ccccc8c7)c6c5)ccc4c23)\N=C(\c2ccccc2)CC1. The van der Waals surface area contributed by atoms with Crippen LogP contribution in [0.15, 0.2) is 247 Å². The fourth-order valence-electron chi connectivity index (χ4n) is 11.5. The molecule has 1 aromatic heterocycles. The first-order valence-electron chi connectivity index (χ1n) is 25.2. The standard InChI is InChI=1S/C69H52N2/c1-46-31-42-65(51-20-6-3-7-21-51)70-66(29-14-12-23-56(46)50-34-32-49(33-35-50)47-17-4-2-5-18-47)63-28-16-27-61-57-24-10-11-25-58(57)64-44-53(38-41-62(64)69(61)63)54-37-40-60-59-26-13-15-30-67(59)71(68(60)45-54)55-39-36-48-19-8-9-22-52(48)43-55/h2-11,13,15-22,24-30,32-41,43-45H,12,14,23,31,42H2,1H3/b56-46+,66-29-,70-65+. The lowest BCUT2D eigenvalue weighted by molar-refractivity contribution is 0.869. The first kappa shape index (κ1) is 42.5. The molecule has 0 bridgehead atoms. The van der Waals surface area contributed by atoms with Crippen molar-refractivity contribution in [1.82, 2.24) is 4.57 Å². The molecule has 0 fully saturated rings. The molecule has 2 heterocycles. The maximum absolute atomic E-state index is 5.75. The van der Waals surface area contributed by atoms with Crippen molar-refractivity contribution in [1.29, 1.82) is 0 Å². The Morgan fingerprint density at radius 1 is 0.380 bits per heavy atom. The van der Waals surface area contributed by atoms with Gasteiger partial charge in [0.05, 0.1) is 16.7 Å². The lowest BCUT2D eigenvalue weighted by atomic mass is 9.89. The molecule has 71 heavy (non-hydrogen) atoms. The van der Waals surface area contributed by atoms with Crippen molar-refractivity contribution in [3.63, 3.8) is 0 Å². The number of hydrogen-bond acceptors (Lipinski definition) is 1. The molecule has 11 aromatic carbocycles. The average molecular weight is 909 g/mol. The van der Waals surface area contributed by atoms with E-state index in [0.29, 0.717) is 0 Å². The van der Waals surface area contributed by atoms with Gasteiger partial charge in [-0.15, -0.1) is 0 Å². The van der Waals surface area contributed by atoms with E-state index in [0.717, 1.165) is 43.5 Å². The summed E-state index contributed by atoms with van der Waals surface area (Å²) < 4.78 is 2.44. The van der Waals surface area contributed by atoms with E-state index in [9.17, 15) is 0 Å². The van der Waals surface area contributed by atoms with Crippen molar-refractivity contribution in [2.24, 2.45) is 4.99 Å². The molecule has 0 aliphatic carbocycles. The van der Waals surface area contributed by atoms with Crippen LogP contribution in [-0.4, -0.2) is 10.3 Å². The van der Waals surface area contributed by atoms with E-state index in [4.69, 9.17) is 4.99 Å². The fourth-order valence-corrected chi connectivity index (χ4v) is 11.5. The summed E-state index contributed by atoms with van der Waals surface area (Å²) in [5, 5.41) is 12.5. The number of rotatable bonds is 6. The maximum atomic E-state index is 5.75. The minimum Gasteiger partial charge on any atom is -0.309 e. The van der Waals surface area contributed by atoms with Crippen molar-refractivity contribution >= 4 is 81.9 Å². The van der Waals surface area contributed by atoms with Crippen LogP contribution in [0.25, 0.3) is 104 Å². The van der Waals surface area contributed by atoms with Crippen LogP contribution in [0.5, 0.6) is 0 Å². The monoisotopic (exact) mass is 908 g/mol. The van der Waals surface area contributed by atoms with Crippen LogP contribution in [0, 0.1) is 0 Å². The molecular weight excluding hydrogens is 857 g/mol. The van der Waals surface area contributed by atoms with Gasteiger partial charge < -0.3 is 4.57 Å². The second kappa shape index (κ2) is 18.1. The first-order valence-corrected chi connectivity index (χ1v) is 25.2. The second-order valence-electron chi connectivity index (χ2n) is 19.3. The Labute approximate surface area is 415 Å². The molecule has 2 heteroatoms. The molecule has 12 aromatic rings. The molecule has 0 saturated carbocycles. The number of nitrogens with zero attached hydrogens (tertiary/aromatic N) is 2. The number of aliphatic imine (C=N–C) groups is 1. The van der Waals surface area contributed by atoms with Gasteiger partial charge in [0.25, 0.3) is 0 Å². The Bertz CT molecular complexity index is 4110. The van der Waals surface area contributed by atoms with Crippen LogP contribution in [0.1, 0.15) is 55.7 Å². The summed E-state index contributed by atoms with van der Waals surface area (Å²) in [4.78, 5) is 5.75. The number of aromatic nitrogens is 1. The van der Waals surface area contributed by atoms with E-state index in [1.54, 1.807) is 0 Å². The van der Waals surface area contributed by atoms with Gasteiger partial charge in [-0.1, -0.05) is 212 Å². The minimum absolute atomic E-state index is 0.848. The van der Waals surface area contributed by atoms with E-state index in [2.05, 4.69) is 248 Å². The highest BCUT2D eigenvalue weighted by Crippen LogP contribution is 2.43.